The quantitative estimate of drug-likeness (QED) is 0.434. The van der Waals surface area contributed by atoms with E-state index in [2.05, 4.69) is 5.32 Å². The SMILES string of the molecule is COc1ccc([C@H]2CC(=O)C3=C(C2)NC(C)=C(C(=O)OCC(C)C)[C@H]3c2cc(OC)c(OC)c(OC)c2)cc1. The number of ether oxygens (including phenoxy) is 5. The molecule has 8 heteroatoms. The van der Waals surface area contributed by atoms with Crippen molar-refractivity contribution < 1.29 is 33.3 Å². The zero-order chi connectivity index (χ0) is 28.3. The van der Waals surface area contributed by atoms with Gasteiger partial charge in [0.25, 0.3) is 0 Å². The van der Waals surface area contributed by atoms with Gasteiger partial charge in [0.15, 0.2) is 17.3 Å². The summed E-state index contributed by atoms with van der Waals surface area (Å²) in [4.78, 5) is 27.4. The van der Waals surface area contributed by atoms with Gasteiger partial charge >= 0.3 is 5.97 Å². The molecule has 2 aromatic carbocycles. The van der Waals surface area contributed by atoms with Gasteiger partial charge in [-0.05, 0) is 60.6 Å². The molecule has 4 rings (SSSR count). The second-order valence-corrected chi connectivity index (χ2v) is 10.2. The van der Waals surface area contributed by atoms with Crippen LogP contribution in [0, 0.1) is 5.92 Å². The number of ketones is 1. The zero-order valence-electron chi connectivity index (χ0n) is 23.7. The average Bonchev–Trinajstić information content (AvgIpc) is 2.94. The first-order valence-electron chi connectivity index (χ1n) is 13.1. The fourth-order valence-electron chi connectivity index (χ4n) is 5.34. The molecule has 208 valence electrons. The Morgan fingerprint density at radius 3 is 2.10 bits per heavy atom. The second-order valence-electron chi connectivity index (χ2n) is 10.2. The number of methoxy groups -OCH3 is 4. The van der Waals surface area contributed by atoms with Gasteiger partial charge in [0.1, 0.15) is 5.75 Å². The number of carbonyl (C=O) groups is 2. The Hall–Kier alpha value is -3.94. The molecule has 1 heterocycles. The van der Waals surface area contributed by atoms with E-state index in [1.165, 1.54) is 21.3 Å². The Kier molecular flexibility index (Phi) is 8.53. The summed E-state index contributed by atoms with van der Waals surface area (Å²) in [5.41, 5.74) is 4.18. The molecule has 0 spiro atoms. The molecule has 1 aliphatic carbocycles. The van der Waals surface area contributed by atoms with Crippen LogP contribution >= 0.6 is 0 Å². The molecule has 1 N–H and O–H groups in total. The number of hydrogen-bond acceptors (Lipinski definition) is 8. The first kappa shape index (κ1) is 28.1. The van der Waals surface area contributed by atoms with Gasteiger partial charge in [0, 0.05) is 29.3 Å². The van der Waals surface area contributed by atoms with Crippen LogP contribution < -0.4 is 24.3 Å². The van der Waals surface area contributed by atoms with Crippen LogP contribution in [0.4, 0.5) is 0 Å². The molecule has 0 saturated carbocycles. The summed E-state index contributed by atoms with van der Waals surface area (Å²) >= 11 is 0. The van der Waals surface area contributed by atoms with E-state index in [1.807, 2.05) is 45.0 Å². The fourth-order valence-corrected chi connectivity index (χ4v) is 5.34. The van der Waals surface area contributed by atoms with E-state index in [0.29, 0.717) is 52.5 Å². The van der Waals surface area contributed by atoms with Gasteiger partial charge in [-0.25, -0.2) is 4.79 Å². The average molecular weight is 536 g/mol. The van der Waals surface area contributed by atoms with Crippen molar-refractivity contribution in [2.45, 2.75) is 45.4 Å². The minimum atomic E-state index is -0.654. The molecule has 0 amide bonds. The fraction of sp³-hybridized carbons (Fsp3) is 0.419. The Balaban J connectivity index is 1.83. The molecule has 1 aliphatic heterocycles. The molecule has 0 aromatic heterocycles. The first-order chi connectivity index (χ1) is 18.7. The highest BCUT2D eigenvalue weighted by Crippen LogP contribution is 2.49. The minimum absolute atomic E-state index is 0.00233. The van der Waals surface area contributed by atoms with Gasteiger partial charge in [-0.1, -0.05) is 26.0 Å². The minimum Gasteiger partial charge on any atom is -0.497 e. The van der Waals surface area contributed by atoms with Crippen LogP contribution in [-0.2, 0) is 14.3 Å². The molecule has 0 fully saturated rings. The van der Waals surface area contributed by atoms with E-state index in [9.17, 15) is 9.59 Å². The van der Waals surface area contributed by atoms with Crippen molar-refractivity contribution in [3.63, 3.8) is 0 Å². The number of carbonyl (C=O) groups excluding carboxylic acids is 2. The molecule has 2 aliphatic rings. The molecule has 2 aromatic rings. The monoisotopic (exact) mass is 535 g/mol. The summed E-state index contributed by atoms with van der Waals surface area (Å²) < 4.78 is 27.7. The van der Waals surface area contributed by atoms with Crippen LogP contribution in [0.15, 0.2) is 58.9 Å². The predicted octanol–water partition coefficient (Wildman–Crippen LogP) is 5.28. The van der Waals surface area contributed by atoms with Gasteiger partial charge < -0.3 is 29.0 Å². The third-order valence-corrected chi connectivity index (χ3v) is 7.20. The van der Waals surface area contributed by atoms with E-state index in [4.69, 9.17) is 23.7 Å². The number of allylic oxidation sites excluding steroid dienone is 3. The Morgan fingerprint density at radius 1 is 0.923 bits per heavy atom. The number of nitrogens with one attached hydrogen (secondary N) is 1. The van der Waals surface area contributed by atoms with Gasteiger partial charge in [-0.3, -0.25) is 4.79 Å². The summed E-state index contributed by atoms with van der Waals surface area (Å²) in [7, 11) is 6.24. The lowest BCUT2D eigenvalue weighted by atomic mass is 9.71. The summed E-state index contributed by atoms with van der Waals surface area (Å²) in [5.74, 6) is 1.13. The normalized spacial score (nSPS) is 18.9. The van der Waals surface area contributed by atoms with E-state index in [1.54, 1.807) is 19.2 Å². The number of dihydropyridines is 1. The summed E-state index contributed by atoms with van der Waals surface area (Å²) in [5, 5.41) is 3.39. The number of hydrogen-bond donors (Lipinski definition) is 1. The van der Waals surface area contributed by atoms with Gasteiger partial charge in [-0.15, -0.1) is 0 Å². The van der Waals surface area contributed by atoms with E-state index in [0.717, 1.165) is 17.0 Å². The van der Waals surface area contributed by atoms with Crippen LogP contribution in [-0.4, -0.2) is 46.8 Å². The van der Waals surface area contributed by atoms with Crippen molar-refractivity contribution in [3.05, 3.63) is 70.1 Å². The van der Waals surface area contributed by atoms with Crippen LogP contribution in [0.3, 0.4) is 0 Å². The van der Waals surface area contributed by atoms with Crippen LogP contribution in [0.25, 0.3) is 0 Å². The van der Waals surface area contributed by atoms with Gasteiger partial charge in [-0.2, -0.15) is 0 Å². The number of esters is 1. The summed E-state index contributed by atoms with van der Waals surface area (Å²) in [6.45, 7) is 6.09. The molecule has 39 heavy (non-hydrogen) atoms. The number of rotatable bonds is 9. The van der Waals surface area contributed by atoms with Gasteiger partial charge in [0.2, 0.25) is 5.75 Å². The predicted molar refractivity (Wildman–Crippen MR) is 147 cm³/mol. The van der Waals surface area contributed by atoms with Crippen LogP contribution in [0.5, 0.6) is 23.0 Å². The molecular weight excluding hydrogens is 498 g/mol. The highest BCUT2D eigenvalue weighted by molar-refractivity contribution is 6.04. The molecule has 0 radical (unpaired) electrons. The Labute approximate surface area is 229 Å². The standard InChI is InChI=1S/C31H37NO7/c1-17(2)16-39-31(34)27-18(3)32-23-12-20(19-8-10-22(35-4)11-9-19)13-24(33)29(23)28(27)21-14-25(36-5)30(38-7)26(15-21)37-6/h8-11,14-15,17,20,28,32H,12-13,16H2,1-7H3/t20-,28-/m1/s1. The number of benzene rings is 2. The van der Waals surface area contributed by atoms with Crippen LogP contribution in [0.2, 0.25) is 0 Å². The molecule has 0 bridgehead atoms. The maximum absolute atomic E-state index is 13.9. The van der Waals surface area contributed by atoms with Crippen molar-refractivity contribution in [3.8, 4) is 23.0 Å². The van der Waals surface area contributed by atoms with E-state index >= 15 is 0 Å². The molecular formula is C31H37NO7. The van der Waals surface area contributed by atoms with Crippen molar-refractivity contribution >= 4 is 11.8 Å². The van der Waals surface area contributed by atoms with Crippen molar-refractivity contribution in [1.29, 1.82) is 0 Å². The summed E-state index contributed by atoms with van der Waals surface area (Å²) in [6.07, 6.45) is 0.946. The lowest BCUT2D eigenvalue weighted by Gasteiger charge is -2.37. The van der Waals surface area contributed by atoms with Crippen molar-refractivity contribution in [1.82, 2.24) is 5.32 Å². The highest BCUT2D eigenvalue weighted by Gasteiger charge is 2.42. The topological polar surface area (TPSA) is 92.3 Å². The number of Topliss-reactive ketones (excluding diaryl/α,β-unsaturated/α-hetero) is 1. The summed E-state index contributed by atoms with van der Waals surface area (Å²) in [6, 6.07) is 11.4. The van der Waals surface area contributed by atoms with Crippen LogP contribution in [0.1, 0.15) is 56.6 Å². The molecule has 8 nitrogen and oxygen atoms in total. The largest absolute Gasteiger partial charge is 0.497 e. The smallest absolute Gasteiger partial charge is 0.336 e. The first-order valence-corrected chi connectivity index (χ1v) is 13.1. The third-order valence-electron chi connectivity index (χ3n) is 7.20. The van der Waals surface area contributed by atoms with Gasteiger partial charge in [0.05, 0.1) is 40.6 Å². The highest BCUT2D eigenvalue weighted by atomic mass is 16.5. The van der Waals surface area contributed by atoms with E-state index < -0.39 is 11.9 Å². The lowest BCUT2D eigenvalue weighted by molar-refractivity contribution is -0.140. The Bertz CT molecular complexity index is 1280. The second kappa shape index (κ2) is 11.8. The molecule has 2 atom stereocenters. The molecule has 0 unspecified atom stereocenters. The maximum atomic E-state index is 13.9. The van der Waals surface area contributed by atoms with Crippen molar-refractivity contribution in [2.24, 2.45) is 5.92 Å². The third kappa shape index (κ3) is 5.60. The van der Waals surface area contributed by atoms with E-state index in [-0.39, 0.29) is 24.2 Å². The maximum Gasteiger partial charge on any atom is 0.336 e. The lowest BCUT2D eigenvalue weighted by Crippen LogP contribution is -2.36. The Morgan fingerprint density at radius 2 is 1.56 bits per heavy atom. The van der Waals surface area contributed by atoms with Crippen molar-refractivity contribution in [2.75, 3.05) is 35.0 Å². The zero-order valence-corrected chi connectivity index (χ0v) is 23.7. The molecule has 0 saturated heterocycles.